The highest BCUT2D eigenvalue weighted by molar-refractivity contribution is 5.84. The van der Waals surface area contributed by atoms with Gasteiger partial charge in [0.15, 0.2) is 0 Å². The zero-order valence-electron chi connectivity index (χ0n) is 12.8. The summed E-state index contributed by atoms with van der Waals surface area (Å²) in [6.07, 6.45) is 2.92. The van der Waals surface area contributed by atoms with E-state index >= 15 is 0 Å². The molecular weight excluding hydrogens is 264 g/mol. The van der Waals surface area contributed by atoms with Crippen molar-refractivity contribution in [2.24, 2.45) is 0 Å². The highest BCUT2D eigenvalue weighted by atomic mass is 16.5. The van der Waals surface area contributed by atoms with Gasteiger partial charge in [-0.3, -0.25) is 4.98 Å². The molecule has 114 valence electrons. The second-order valence-electron chi connectivity index (χ2n) is 5.01. The molecular formula is C17H24N2O2. The Balaban J connectivity index is 1.80. The van der Waals surface area contributed by atoms with Crippen molar-refractivity contribution in [3.63, 3.8) is 0 Å². The van der Waals surface area contributed by atoms with Gasteiger partial charge in [-0.05, 0) is 38.9 Å². The number of rotatable bonds is 9. The van der Waals surface area contributed by atoms with Crippen LogP contribution >= 0.6 is 0 Å². The minimum Gasteiger partial charge on any atom is -0.487 e. The number of ether oxygens (including phenoxy) is 2. The number of hydrogen-bond acceptors (Lipinski definition) is 4. The van der Waals surface area contributed by atoms with Crippen molar-refractivity contribution in [3.8, 4) is 5.75 Å². The molecule has 4 nitrogen and oxygen atoms in total. The van der Waals surface area contributed by atoms with Gasteiger partial charge in [-0.2, -0.15) is 0 Å². The highest BCUT2D eigenvalue weighted by Gasteiger charge is 2.07. The van der Waals surface area contributed by atoms with Gasteiger partial charge in [0, 0.05) is 31.3 Å². The molecule has 0 aliphatic heterocycles. The van der Waals surface area contributed by atoms with Gasteiger partial charge in [0.05, 0.1) is 0 Å². The van der Waals surface area contributed by atoms with Crippen LogP contribution in [0, 0.1) is 0 Å². The van der Waals surface area contributed by atoms with Crippen molar-refractivity contribution in [3.05, 3.63) is 36.5 Å². The molecule has 1 atom stereocenters. The lowest BCUT2D eigenvalue weighted by Gasteiger charge is -2.16. The van der Waals surface area contributed by atoms with Crippen LogP contribution in [0.1, 0.15) is 20.3 Å². The fourth-order valence-corrected chi connectivity index (χ4v) is 2.18. The molecule has 0 radical (unpaired) electrons. The summed E-state index contributed by atoms with van der Waals surface area (Å²) >= 11 is 0. The highest BCUT2D eigenvalue weighted by Crippen LogP contribution is 2.23. The maximum atomic E-state index is 6.00. The molecule has 2 rings (SSSR count). The second-order valence-corrected chi connectivity index (χ2v) is 5.01. The number of fused-ring (bicyclic) bond motifs is 1. The van der Waals surface area contributed by atoms with E-state index in [0.29, 0.717) is 0 Å². The maximum Gasteiger partial charge on any atom is 0.145 e. The van der Waals surface area contributed by atoms with Crippen LogP contribution in [0.4, 0.5) is 0 Å². The molecule has 0 bridgehead atoms. The van der Waals surface area contributed by atoms with Crippen molar-refractivity contribution < 1.29 is 9.47 Å². The lowest BCUT2D eigenvalue weighted by Crippen LogP contribution is -2.30. The quantitative estimate of drug-likeness (QED) is 0.720. The molecule has 1 aromatic heterocycles. The van der Waals surface area contributed by atoms with Gasteiger partial charge in [-0.25, -0.2) is 0 Å². The fraction of sp³-hybridized carbons (Fsp3) is 0.471. The standard InChI is InChI=1S/C17H24N2O2/c1-3-20-12-6-10-18-13-14(2)21-16-9-4-7-15-8-5-11-19-17(15)16/h4-5,7-9,11,14,18H,3,6,10,12-13H2,1-2H3. The summed E-state index contributed by atoms with van der Waals surface area (Å²) in [6.45, 7) is 7.44. The Bertz CT molecular complexity index is 540. The van der Waals surface area contributed by atoms with Gasteiger partial charge in [-0.1, -0.05) is 18.2 Å². The minimum absolute atomic E-state index is 0.102. The molecule has 0 spiro atoms. The van der Waals surface area contributed by atoms with Crippen LogP contribution in [0.5, 0.6) is 5.75 Å². The molecule has 2 aromatic rings. The maximum absolute atomic E-state index is 6.00. The van der Waals surface area contributed by atoms with Crippen molar-refractivity contribution in [2.45, 2.75) is 26.4 Å². The lowest BCUT2D eigenvalue weighted by atomic mass is 10.2. The monoisotopic (exact) mass is 288 g/mol. The third-order valence-electron chi connectivity index (χ3n) is 3.20. The molecule has 0 amide bonds. The lowest BCUT2D eigenvalue weighted by molar-refractivity contribution is 0.143. The SMILES string of the molecule is CCOCCCNCC(C)Oc1cccc2cccnc12. The molecule has 0 saturated carbocycles. The van der Waals surface area contributed by atoms with Gasteiger partial charge >= 0.3 is 0 Å². The van der Waals surface area contributed by atoms with Crippen LogP contribution in [-0.2, 0) is 4.74 Å². The molecule has 0 aliphatic rings. The third kappa shape index (κ3) is 4.99. The summed E-state index contributed by atoms with van der Waals surface area (Å²) < 4.78 is 11.3. The number of nitrogens with one attached hydrogen (secondary N) is 1. The molecule has 1 aromatic carbocycles. The minimum atomic E-state index is 0.102. The predicted molar refractivity (Wildman–Crippen MR) is 85.8 cm³/mol. The van der Waals surface area contributed by atoms with Crippen LogP contribution < -0.4 is 10.1 Å². The van der Waals surface area contributed by atoms with E-state index in [0.717, 1.165) is 49.4 Å². The van der Waals surface area contributed by atoms with E-state index in [1.807, 2.05) is 37.3 Å². The Labute approximate surface area is 126 Å². The molecule has 1 N–H and O–H groups in total. The normalized spacial score (nSPS) is 12.5. The molecule has 0 saturated heterocycles. The van der Waals surface area contributed by atoms with E-state index < -0.39 is 0 Å². The van der Waals surface area contributed by atoms with Crippen LogP contribution in [0.15, 0.2) is 36.5 Å². The van der Waals surface area contributed by atoms with Gasteiger partial charge in [0.25, 0.3) is 0 Å². The average Bonchev–Trinajstić information content (AvgIpc) is 2.51. The molecule has 1 unspecified atom stereocenters. The molecule has 1 heterocycles. The smallest absolute Gasteiger partial charge is 0.145 e. The van der Waals surface area contributed by atoms with E-state index in [1.165, 1.54) is 0 Å². The van der Waals surface area contributed by atoms with Gasteiger partial charge < -0.3 is 14.8 Å². The summed E-state index contributed by atoms with van der Waals surface area (Å²) in [4.78, 5) is 4.40. The van der Waals surface area contributed by atoms with Crippen molar-refractivity contribution in [1.29, 1.82) is 0 Å². The molecule has 0 fully saturated rings. The Morgan fingerprint density at radius 2 is 2.10 bits per heavy atom. The van der Waals surface area contributed by atoms with E-state index in [1.54, 1.807) is 6.20 Å². The first-order valence-corrected chi connectivity index (χ1v) is 7.60. The first kappa shape index (κ1) is 15.7. The van der Waals surface area contributed by atoms with E-state index in [2.05, 4.69) is 17.2 Å². The Kier molecular flexibility index (Phi) is 6.44. The first-order valence-electron chi connectivity index (χ1n) is 7.60. The van der Waals surface area contributed by atoms with Gasteiger partial charge in [0.1, 0.15) is 17.4 Å². The van der Waals surface area contributed by atoms with Crippen molar-refractivity contribution in [1.82, 2.24) is 10.3 Å². The number of nitrogens with zero attached hydrogens (tertiary/aromatic N) is 1. The van der Waals surface area contributed by atoms with E-state index in [-0.39, 0.29) is 6.10 Å². The Morgan fingerprint density at radius 1 is 1.24 bits per heavy atom. The summed E-state index contributed by atoms with van der Waals surface area (Å²) in [5, 5.41) is 4.49. The summed E-state index contributed by atoms with van der Waals surface area (Å²) in [6, 6.07) is 10.0. The number of aromatic nitrogens is 1. The topological polar surface area (TPSA) is 43.4 Å². The molecule has 0 aliphatic carbocycles. The number of para-hydroxylation sites is 1. The van der Waals surface area contributed by atoms with E-state index in [4.69, 9.17) is 9.47 Å². The zero-order valence-corrected chi connectivity index (χ0v) is 12.8. The third-order valence-corrected chi connectivity index (χ3v) is 3.20. The van der Waals surface area contributed by atoms with Crippen molar-refractivity contribution >= 4 is 10.9 Å². The second kappa shape index (κ2) is 8.60. The average molecular weight is 288 g/mol. The van der Waals surface area contributed by atoms with Crippen LogP contribution in [0.2, 0.25) is 0 Å². The van der Waals surface area contributed by atoms with Crippen LogP contribution in [0.3, 0.4) is 0 Å². The largest absolute Gasteiger partial charge is 0.487 e. The fourth-order valence-electron chi connectivity index (χ4n) is 2.18. The number of benzene rings is 1. The van der Waals surface area contributed by atoms with Gasteiger partial charge in [0.2, 0.25) is 0 Å². The molecule has 21 heavy (non-hydrogen) atoms. The Morgan fingerprint density at radius 3 is 2.95 bits per heavy atom. The number of pyridine rings is 1. The molecule has 4 heteroatoms. The number of hydrogen-bond donors (Lipinski definition) is 1. The Hall–Kier alpha value is -1.65. The summed E-state index contributed by atoms with van der Waals surface area (Å²) in [7, 11) is 0. The zero-order chi connectivity index (χ0) is 14.9. The first-order chi connectivity index (χ1) is 10.3. The summed E-state index contributed by atoms with van der Waals surface area (Å²) in [5.74, 6) is 0.844. The van der Waals surface area contributed by atoms with Crippen molar-refractivity contribution in [2.75, 3.05) is 26.3 Å². The predicted octanol–water partition coefficient (Wildman–Crippen LogP) is 3.02. The summed E-state index contributed by atoms with van der Waals surface area (Å²) in [5.41, 5.74) is 0.920. The van der Waals surface area contributed by atoms with E-state index in [9.17, 15) is 0 Å². The van der Waals surface area contributed by atoms with Gasteiger partial charge in [-0.15, -0.1) is 0 Å². The van der Waals surface area contributed by atoms with Crippen LogP contribution in [-0.4, -0.2) is 37.4 Å². The van der Waals surface area contributed by atoms with Crippen LogP contribution in [0.25, 0.3) is 10.9 Å².